The van der Waals surface area contributed by atoms with E-state index in [4.69, 9.17) is 19.9 Å². The van der Waals surface area contributed by atoms with Gasteiger partial charge in [-0.15, -0.1) is 0 Å². The lowest BCUT2D eigenvalue weighted by Gasteiger charge is -2.27. The van der Waals surface area contributed by atoms with Crippen molar-refractivity contribution in [2.24, 2.45) is 5.73 Å². The first kappa shape index (κ1) is 15.1. The SMILES string of the molecule is CCOc1ccccc1OCCOC1(CN)CCCC1. The predicted molar refractivity (Wildman–Crippen MR) is 79.3 cm³/mol. The second kappa shape index (κ2) is 7.50. The summed E-state index contributed by atoms with van der Waals surface area (Å²) in [5.74, 6) is 1.55. The minimum absolute atomic E-state index is 0.108. The lowest BCUT2D eigenvalue weighted by Crippen LogP contribution is -2.38. The molecule has 0 unspecified atom stereocenters. The van der Waals surface area contributed by atoms with Crippen molar-refractivity contribution in [3.63, 3.8) is 0 Å². The molecule has 0 aromatic heterocycles. The van der Waals surface area contributed by atoms with Crippen LogP contribution >= 0.6 is 0 Å². The van der Waals surface area contributed by atoms with E-state index in [9.17, 15) is 0 Å². The van der Waals surface area contributed by atoms with E-state index in [-0.39, 0.29) is 5.60 Å². The highest BCUT2D eigenvalue weighted by Crippen LogP contribution is 2.32. The van der Waals surface area contributed by atoms with Gasteiger partial charge in [-0.1, -0.05) is 25.0 Å². The molecule has 20 heavy (non-hydrogen) atoms. The molecule has 2 rings (SSSR count). The maximum absolute atomic E-state index is 5.97. The summed E-state index contributed by atoms with van der Waals surface area (Å²) in [6.07, 6.45) is 4.56. The van der Waals surface area contributed by atoms with Crippen molar-refractivity contribution in [2.45, 2.75) is 38.2 Å². The lowest BCUT2D eigenvalue weighted by molar-refractivity contribution is -0.0443. The van der Waals surface area contributed by atoms with Crippen molar-refractivity contribution < 1.29 is 14.2 Å². The van der Waals surface area contributed by atoms with Gasteiger partial charge in [0.2, 0.25) is 0 Å². The molecule has 4 heteroatoms. The summed E-state index contributed by atoms with van der Waals surface area (Å²) in [7, 11) is 0. The topological polar surface area (TPSA) is 53.7 Å². The quantitative estimate of drug-likeness (QED) is 0.743. The zero-order chi connectivity index (χ0) is 14.3. The molecule has 0 radical (unpaired) electrons. The number of nitrogens with two attached hydrogens (primary N) is 1. The van der Waals surface area contributed by atoms with Crippen LogP contribution in [0.2, 0.25) is 0 Å². The van der Waals surface area contributed by atoms with Gasteiger partial charge in [0, 0.05) is 6.54 Å². The van der Waals surface area contributed by atoms with Gasteiger partial charge < -0.3 is 19.9 Å². The standard InChI is InChI=1S/C16H25NO3/c1-2-18-14-7-3-4-8-15(14)19-11-12-20-16(13-17)9-5-6-10-16/h3-4,7-8H,2,5-6,9-13,17H2,1H3. The minimum Gasteiger partial charge on any atom is -0.490 e. The maximum atomic E-state index is 5.97. The molecule has 1 aromatic carbocycles. The third kappa shape index (κ3) is 3.87. The van der Waals surface area contributed by atoms with Crippen LogP contribution in [0, 0.1) is 0 Å². The van der Waals surface area contributed by atoms with Gasteiger partial charge in [-0.25, -0.2) is 0 Å². The fourth-order valence-electron chi connectivity index (χ4n) is 2.68. The molecule has 0 saturated heterocycles. The summed E-state index contributed by atoms with van der Waals surface area (Å²) in [4.78, 5) is 0. The van der Waals surface area contributed by atoms with E-state index < -0.39 is 0 Å². The highest BCUT2D eigenvalue weighted by Gasteiger charge is 2.33. The van der Waals surface area contributed by atoms with Crippen LogP contribution in [0.25, 0.3) is 0 Å². The second-order valence-corrected chi connectivity index (χ2v) is 5.17. The van der Waals surface area contributed by atoms with Crippen LogP contribution in [0.5, 0.6) is 11.5 Å². The molecule has 2 N–H and O–H groups in total. The van der Waals surface area contributed by atoms with Gasteiger partial charge in [-0.05, 0) is 31.9 Å². The number of para-hydroxylation sites is 2. The summed E-state index contributed by atoms with van der Waals surface area (Å²) in [6, 6.07) is 7.71. The second-order valence-electron chi connectivity index (χ2n) is 5.17. The summed E-state index contributed by atoms with van der Waals surface area (Å²) >= 11 is 0. The van der Waals surface area contributed by atoms with E-state index in [1.165, 1.54) is 12.8 Å². The number of rotatable bonds is 8. The van der Waals surface area contributed by atoms with Crippen molar-refractivity contribution in [2.75, 3.05) is 26.4 Å². The first-order chi connectivity index (χ1) is 9.79. The fourth-order valence-corrected chi connectivity index (χ4v) is 2.68. The molecular formula is C16H25NO3. The van der Waals surface area contributed by atoms with E-state index >= 15 is 0 Å². The van der Waals surface area contributed by atoms with Gasteiger partial charge in [0.05, 0.1) is 18.8 Å². The Morgan fingerprint density at radius 2 is 1.70 bits per heavy atom. The van der Waals surface area contributed by atoms with Crippen molar-refractivity contribution in [1.82, 2.24) is 0 Å². The van der Waals surface area contributed by atoms with Crippen LogP contribution in [0.1, 0.15) is 32.6 Å². The first-order valence-corrected chi connectivity index (χ1v) is 7.48. The smallest absolute Gasteiger partial charge is 0.161 e. The molecule has 1 fully saturated rings. The molecule has 1 saturated carbocycles. The van der Waals surface area contributed by atoms with Crippen LogP contribution < -0.4 is 15.2 Å². The van der Waals surface area contributed by atoms with E-state index in [1.54, 1.807) is 0 Å². The van der Waals surface area contributed by atoms with Gasteiger partial charge >= 0.3 is 0 Å². The molecule has 0 aliphatic heterocycles. The molecule has 0 bridgehead atoms. The Bertz CT molecular complexity index is 402. The van der Waals surface area contributed by atoms with E-state index in [2.05, 4.69) is 0 Å². The molecule has 0 amide bonds. The third-order valence-corrected chi connectivity index (χ3v) is 3.78. The molecule has 1 aliphatic carbocycles. The Morgan fingerprint density at radius 1 is 1.05 bits per heavy atom. The lowest BCUT2D eigenvalue weighted by atomic mass is 10.0. The average molecular weight is 279 g/mol. The number of hydrogen-bond acceptors (Lipinski definition) is 4. The van der Waals surface area contributed by atoms with E-state index in [0.717, 1.165) is 24.3 Å². The Hall–Kier alpha value is -1.26. The molecule has 0 heterocycles. The Labute approximate surface area is 121 Å². The largest absolute Gasteiger partial charge is 0.490 e. The van der Waals surface area contributed by atoms with Gasteiger partial charge in [0.15, 0.2) is 11.5 Å². The molecule has 1 aromatic rings. The first-order valence-electron chi connectivity index (χ1n) is 7.48. The van der Waals surface area contributed by atoms with E-state index in [0.29, 0.717) is 26.4 Å². The zero-order valence-corrected chi connectivity index (χ0v) is 12.3. The number of hydrogen-bond donors (Lipinski definition) is 1. The minimum atomic E-state index is -0.108. The Kier molecular flexibility index (Phi) is 5.68. The van der Waals surface area contributed by atoms with E-state index in [1.807, 2.05) is 31.2 Å². The predicted octanol–water partition coefficient (Wildman–Crippen LogP) is 2.75. The zero-order valence-electron chi connectivity index (χ0n) is 12.3. The Balaban J connectivity index is 1.78. The van der Waals surface area contributed by atoms with Crippen LogP contribution in [0.4, 0.5) is 0 Å². The van der Waals surface area contributed by atoms with Crippen LogP contribution in [-0.2, 0) is 4.74 Å². The van der Waals surface area contributed by atoms with Crippen molar-refractivity contribution >= 4 is 0 Å². The van der Waals surface area contributed by atoms with Gasteiger partial charge in [-0.3, -0.25) is 0 Å². The summed E-state index contributed by atoms with van der Waals surface area (Å²) in [5, 5.41) is 0. The number of benzene rings is 1. The molecule has 4 nitrogen and oxygen atoms in total. The van der Waals surface area contributed by atoms with Crippen molar-refractivity contribution in [1.29, 1.82) is 0 Å². The number of ether oxygens (including phenoxy) is 3. The van der Waals surface area contributed by atoms with Crippen molar-refractivity contribution in [3.8, 4) is 11.5 Å². The fraction of sp³-hybridized carbons (Fsp3) is 0.625. The summed E-state index contributed by atoms with van der Waals surface area (Å²) in [5.41, 5.74) is 5.73. The molecule has 0 spiro atoms. The normalized spacial score (nSPS) is 17.1. The maximum Gasteiger partial charge on any atom is 0.161 e. The van der Waals surface area contributed by atoms with Gasteiger partial charge in [0.1, 0.15) is 6.61 Å². The van der Waals surface area contributed by atoms with Gasteiger partial charge in [0.25, 0.3) is 0 Å². The highest BCUT2D eigenvalue weighted by molar-refractivity contribution is 5.39. The van der Waals surface area contributed by atoms with Crippen LogP contribution in [0.15, 0.2) is 24.3 Å². The molecule has 112 valence electrons. The molecule has 0 atom stereocenters. The molecule has 1 aliphatic rings. The van der Waals surface area contributed by atoms with Crippen LogP contribution in [-0.4, -0.2) is 32.0 Å². The van der Waals surface area contributed by atoms with Gasteiger partial charge in [-0.2, -0.15) is 0 Å². The summed E-state index contributed by atoms with van der Waals surface area (Å²) < 4.78 is 17.2. The highest BCUT2D eigenvalue weighted by atomic mass is 16.5. The average Bonchev–Trinajstić information content (AvgIpc) is 2.95. The summed E-state index contributed by atoms with van der Waals surface area (Å²) in [6.45, 7) is 4.28. The monoisotopic (exact) mass is 279 g/mol. The Morgan fingerprint density at radius 3 is 2.30 bits per heavy atom. The third-order valence-electron chi connectivity index (χ3n) is 3.78. The molecular weight excluding hydrogens is 254 g/mol. The van der Waals surface area contributed by atoms with Crippen molar-refractivity contribution in [3.05, 3.63) is 24.3 Å². The van der Waals surface area contributed by atoms with Crippen LogP contribution in [0.3, 0.4) is 0 Å².